The van der Waals surface area contributed by atoms with E-state index in [9.17, 15) is 13.6 Å². The molecule has 1 atom stereocenters. The number of ether oxygens (including phenoxy) is 2. The standard InChI is InChI=1S/C18H19F2NO3S/c1-11-7-14(22)8-12(2)21(11)13-3-4-16(24-18(19)20)17(9-13)23-15-5-6-25-10-15/h3-4,7-9,15,18H,5-6,10H2,1-2H3. The Morgan fingerprint density at radius 3 is 2.48 bits per heavy atom. The average molecular weight is 367 g/mol. The Labute approximate surface area is 148 Å². The van der Waals surface area contributed by atoms with Crippen LogP contribution in [0.1, 0.15) is 17.8 Å². The predicted molar refractivity (Wildman–Crippen MR) is 94.5 cm³/mol. The van der Waals surface area contributed by atoms with Crippen LogP contribution >= 0.6 is 11.8 Å². The predicted octanol–water partition coefficient (Wildman–Crippen LogP) is 3.94. The van der Waals surface area contributed by atoms with Crippen LogP contribution in [-0.2, 0) is 0 Å². The van der Waals surface area contributed by atoms with E-state index in [4.69, 9.17) is 4.74 Å². The van der Waals surface area contributed by atoms with Gasteiger partial charge in [-0.15, -0.1) is 0 Å². The molecular weight excluding hydrogens is 348 g/mol. The van der Waals surface area contributed by atoms with Gasteiger partial charge in [-0.2, -0.15) is 20.5 Å². The molecule has 3 rings (SSSR count). The van der Waals surface area contributed by atoms with E-state index in [2.05, 4.69) is 4.74 Å². The van der Waals surface area contributed by atoms with Crippen molar-refractivity contribution < 1.29 is 18.3 Å². The van der Waals surface area contributed by atoms with Gasteiger partial charge in [0, 0.05) is 41.0 Å². The van der Waals surface area contributed by atoms with Crippen molar-refractivity contribution in [3.63, 3.8) is 0 Å². The van der Waals surface area contributed by atoms with Gasteiger partial charge in [0.05, 0.1) is 0 Å². The summed E-state index contributed by atoms with van der Waals surface area (Å²) in [6.07, 6.45) is 0.857. The fraction of sp³-hybridized carbons (Fsp3) is 0.389. The SMILES string of the molecule is Cc1cc(=O)cc(C)n1-c1ccc(OC(F)F)c(OC2CCSC2)c1. The summed E-state index contributed by atoms with van der Waals surface area (Å²) < 4.78 is 37.8. The summed E-state index contributed by atoms with van der Waals surface area (Å²) in [5.74, 6) is 2.14. The fourth-order valence-electron chi connectivity index (χ4n) is 2.97. The van der Waals surface area contributed by atoms with Crippen molar-refractivity contribution in [3.8, 4) is 17.2 Å². The second-order valence-corrected chi connectivity index (χ2v) is 7.07. The molecule has 1 saturated heterocycles. The molecule has 7 heteroatoms. The van der Waals surface area contributed by atoms with Crippen LogP contribution in [-0.4, -0.2) is 28.8 Å². The molecule has 0 N–H and O–H groups in total. The molecule has 4 nitrogen and oxygen atoms in total. The normalized spacial score (nSPS) is 17.1. The number of aryl methyl sites for hydroxylation is 2. The number of rotatable bonds is 5. The number of benzene rings is 1. The molecule has 0 amide bonds. The van der Waals surface area contributed by atoms with Gasteiger partial charge in [-0.1, -0.05) is 0 Å². The molecule has 0 bridgehead atoms. The van der Waals surface area contributed by atoms with Crippen molar-refractivity contribution >= 4 is 11.8 Å². The maximum Gasteiger partial charge on any atom is 0.387 e. The summed E-state index contributed by atoms with van der Waals surface area (Å²) in [7, 11) is 0. The molecule has 134 valence electrons. The topological polar surface area (TPSA) is 40.5 Å². The number of aromatic nitrogens is 1. The number of nitrogens with zero attached hydrogens (tertiary/aromatic N) is 1. The van der Waals surface area contributed by atoms with Crippen LogP contribution in [0.2, 0.25) is 0 Å². The Bertz CT molecular complexity index is 790. The summed E-state index contributed by atoms with van der Waals surface area (Å²) in [5, 5.41) is 0. The first kappa shape index (κ1) is 17.8. The minimum atomic E-state index is -2.91. The summed E-state index contributed by atoms with van der Waals surface area (Å²) in [6.45, 7) is 0.736. The lowest BCUT2D eigenvalue weighted by molar-refractivity contribution is -0.0519. The molecule has 0 saturated carbocycles. The van der Waals surface area contributed by atoms with Gasteiger partial charge in [-0.25, -0.2) is 0 Å². The molecule has 2 heterocycles. The molecule has 2 aromatic rings. The quantitative estimate of drug-likeness (QED) is 0.803. The Balaban J connectivity index is 2.02. The van der Waals surface area contributed by atoms with E-state index < -0.39 is 6.61 Å². The van der Waals surface area contributed by atoms with E-state index in [1.165, 1.54) is 18.2 Å². The summed E-state index contributed by atoms with van der Waals surface area (Å²) >= 11 is 1.77. The van der Waals surface area contributed by atoms with Gasteiger partial charge in [0.25, 0.3) is 0 Å². The minimum absolute atomic E-state index is 0.0171. The van der Waals surface area contributed by atoms with Crippen molar-refractivity contribution in [1.29, 1.82) is 0 Å². The zero-order chi connectivity index (χ0) is 18.0. The highest BCUT2D eigenvalue weighted by atomic mass is 32.2. The second-order valence-electron chi connectivity index (χ2n) is 5.92. The van der Waals surface area contributed by atoms with Crippen LogP contribution in [0.5, 0.6) is 11.5 Å². The monoisotopic (exact) mass is 367 g/mol. The van der Waals surface area contributed by atoms with Gasteiger partial charge in [0.15, 0.2) is 16.9 Å². The second kappa shape index (κ2) is 7.47. The third-order valence-electron chi connectivity index (χ3n) is 3.99. The van der Waals surface area contributed by atoms with Crippen LogP contribution in [0.4, 0.5) is 8.78 Å². The van der Waals surface area contributed by atoms with Gasteiger partial charge in [-0.3, -0.25) is 4.79 Å². The molecule has 0 spiro atoms. The van der Waals surface area contributed by atoms with Gasteiger partial charge < -0.3 is 14.0 Å². The molecule has 0 radical (unpaired) electrons. The molecule has 1 aromatic heterocycles. The summed E-state index contributed by atoms with van der Waals surface area (Å²) in [4.78, 5) is 11.6. The molecule has 1 aliphatic heterocycles. The molecular formula is C18H19F2NO3S. The number of thioether (sulfide) groups is 1. The van der Waals surface area contributed by atoms with E-state index in [1.807, 2.05) is 18.4 Å². The zero-order valence-electron chi connectivity index (χ0n) is 14.0. The lowest BCUT2D eigenvalue weighted by Gasteiger charge is -2.20. The van der Waals surface area contributed by atoms with Crippen LogP contribution in [0, 0.1) is 13.8 Å². The Morgan fingerprint density at radius 1 is 1.16 bits per heavy atom. The third-order valence-corrected chi connectivity index (χ3v) is 5.12. The van der Waals surface area contributed by atoms with Crippen molar-refractivity contribution in [2.24, 2.45) is 0 Å². The van der Waals surface area contributed by atoms with E-state index in [0.29, 0.717) is 5.75 Å². The first-order valence-corrected chi connectivity index (χ1v) is 9.13. The van der Waals surface area contributed by atoms with Crippen LogP contribution in [0.15, 0.2) is 35.1 Å². The van der Waals surface area contributed by atoms with Crippen molar-refractivity contribution in [3.05, 3.63) is 51.9 Å². The summed E-state index contributed by atoms with van der Waals surface area (Å²) in [6, 6.07) is 7.91. The van der Waals surface area contributed by atoms with Gasteiger partial charge in [0.2, 0.25) is 0 Å². The highest BCUT2D eigenvalue weighted by molar-refractivity contribution is 7.99. The molecule has 1 unspecified atom stereocenters. The van der Waals surface area contributed by atoms with Gasteiger partial charge in [0.1, 0.15) is 6.10 Å². The lowest BCUT2D eigenvalue weighted by atomic mass is 10.2. The first-order chi connectivity index (χ1) is 11.9. The zero-order valence-corrected chi connectivity index (χ0v) is 14.8. The van der Waals surface area contributed by atoms with Gasteiger partial charge in [-0.05, 0) is 38.2 Å². The number of pyridine rings is 1. The van der Waals surface area contributed by atoms with E-state index >= 15 is 0 Å². The highest BCUT2D eigenvalue weighted by Crippen LogP contribution is 2.34. The smallest absolute Gasteiger partial charge is 0.387 e. The fourth-order valence-corrected chi connectivity index (χ4v) is 4.07. The van der Waals surface area contributed by atoms with E-state index in [-0.39, 0.29) is 17.3 Å². The lowest BCUT2D eigenvalue weighted by Crippen LogP contribution is -2.17. The molecule has 25 heavy (non-hydrogen) atoms. The third kappa shape index (κ3) is 4.15. The number of halogens is 2. The summed E-state index contributed by atoms with van der Waals surface area (Å²) in [5.41, 5.74) is 2.19. The van der Waals surface area contributed by atoms with Crippen LogP contribution in [0.3, 0.4) is 0 Å². The van der Waals surface area contributed by atoms with E-state index in [1.54, 1.807) is 23.9 Å². The average Bonchev–Trinajstić information content (AvgIpc) is 3.01. The molecule has 1 aliphatic rings. The number of hydrogen-bond donors (Lipinski definition) is 0. The highest BCUT2D eigenvalue weighted by Gasteiger charge is 2.21. The largest absolute Gasteiger partial charge is 0.486 e. The Morgan fingerprint density at radius 2 is 1.88 bits per heavy atom. The maximum atomic E-state index is 12.7. The number of hydrogen-bond acceptors (Lipinski definition) is 4. The van der Waals surface area contributed by atoms with E-state index in [0.717, 1.165) is 35.0 Å². The number of alkyl halides is 2. The van der Waals surface area contributed by atoms with Gasteiger partial charge >= 0.3 is 6.61 Å². The molecule has 0 aliphatic carbocycles. The Hall–Kier alpha value is -2.02. The first-order valence-electron chi connectivity index (χ1n) is 7.98. The van der Waals surface area contributed by atoms with Crippen molar-refractivity contribution in [2.45, 2.75) is 33.0 Å². The maximum absolute atomic E-state index is 12.7. The molecule has 1 aromatic carbocycles. The van der Waals surface area contributed by atoms with Crippen molar-refractivity contribution in [2.75, 3.05) is 11.5 Å². The Kier molecular flexibility index (Phi) is 5.32. The van der Waals surface area contributed by atoms with Crippen LogP contribution < -0.4 is 14.9 Å². The minimum Gasteiger partial charge on any atom is -0.486 e. The molecule has 1 fully saturated rings. The van der Waals surface area contributed by atoms with Crippen LogP contribution in [0.25, 0.3) is 5.69 Å². The van der Waals surface area contributed by atoms with Crippen molar-refractivity contribution in [1.82, 2.24) is 4.57 Å².